The zero-order valence-electron chi connectivity index (χ0n) is 15.0. The van der Waals surface area contributed by atoms with E-state index in [2.05, 4.69) is 33.1 Å². The monoisotopic (exact) mass is 474 g/mol. The summed E-state index contributed by atoms with van der Waals surface area (Å²) in [7, 11) is 1.55. The quantitative estimate of drug-likeness (QED) is 0.323. The fourth-order valence-electron chi connectivity index (χ4n) is 2.66. The molecule has 0 fully saturated rings. The summed E-state index contributed by atoms with van der Waals surface area (Å²) in [4.78, 5) is 12.5. The number of carbonyl (C=O) groups is 1. The summed E-state index contributed by atoms with van der Waals surface area (Å²) >= 11 is 2.21. The van der Waals surface area contributed by atoms with Crippen molar-refractivity contribution in [2.75, 3.05) is 13.7 Å². The van der Waals surface area contributed by atoms with Crippen molar-refractivity contribution >= 4 is 45.5 Å². The Kier molecular flexibility index (Phi) is 6.28. The van der Waals surface area contributed by atoms with Gasteiger partial charge in [-0.15, -0.1) is 0 Å². The van der Waals surface area contributed by atoms with Gasteiger partial charge in [-0.3, -0.25) is 4.79 Å². The average Bonchev–Trinajstić information content (AvgIpc) is 2.69. The lowest BCUT2D eigenvalue weighted by Crippen LogP contribution is -2.18. The zero-order valence-corrected chi connectivity index (χ0v) is 17.2. The van der Waals surface area contributed by atoms with Crippen molar-refractivity contribution in [1.29, 1.82) is 0 Å². The van der Waals surface area contributed by atoms with Crippen molar-refractivity contribution in [2.24, 2.45) is 5.10 Å². The Bertz CT molecular complexity index is 1000. The van der Waals surface area contributed by atoms with Gasteiger partial charge in [0, 0.05) is 0 Å². The Balaban J connectivity index is 1.76. The number of nitrogens with zero attached hydrogens (tertiary/aromatic N) is 1. The van der Waals surface area contributed by atoms with Crippen LogP contribution in [0.2, 0.25) is 0 Å². The number of amides is 1. The molecule has 0 aliphatic rings. The Morgan fingerprint density at radius 2 is 1.85 bits per heavy atom. The molecule has 3 aromatic carbocycles. The van der Waals surface area contributed by atoms with E-state index >= 15 is 0 Å². The minimum absolute atomic E-state index is 0.325. The van der Waals surface area contributed by atoms with Crippen LogP contribution < -0.4 is 14.9 Å². The lowest BCUT2D eigenvalue weighted by molar-refractivity contribution is 0.0952. The van der Waals surface area contributed by atoms with Crippen molar-refractivity contribution in [3.63, 3.8) is 0 Å². The summed E-state index contributed by atoms with van der Waals surface area (Å²) in [6.07, 6.45) is 1.60. The molecule has 3 aromatic rings. The largest absolute Gasteiger partial charge is 0.496 e. The van der Waals surface area contributed by atoms with Crippen LogP contribution in [0, 0.1) is 3.57 Å². The van der Waals surface area contributed by atoms with Gasteiger partial charge in [0.05, 0.1) is 29.1 Å². The van der Waals surface area contributed by atoms with Gasteiger partial charge in [-0.2, -0.15) is 5.10 Å². The zero-order chi connectivity index (χ0) is 19.2. The van der Waals surface area contributed by atoms with Gasteiger partial charge in [-0.25, -0.2) is 5.43 Å². The van der Waals surface area contributed by atoms with Gasteiger partial charge >= 0.3 is 0 Å². The van der Waals surface area contributed by atoms with Gasteiger partial charge in [-0.05, 0) is 76.2 Å². The molecule has 138 valence electrons. The summed E-state index contributed by atoms with van der Waals surface area (Å²) < 4.78 is 11.9. The molecule has 0 heterocycles. The van der Waals surface area contributed by atoms with Crippen LogP contribution in [0.5, 0.6) is 11.5 Å². The lowest BCUT2D eigenvalue weighted by atomic mass is 10.1. The number of hydrogen-bond donors (Lipinski definition) is 1. The minimum Gasteiger partial charge on any atom is -0.496 e. The van der Waals surface area contributed by atoms with Crippen LogP contribution in [-0.4, -0.2) is 25.8 Å². The van der Waals surface area contributed by atoms with Gasteiger partial charge in [0.1, 0.15) is 11.5 Å². The fourth-order valence-corrected chi connectivity index (χ4v) is 3.36. The smallest absolute Gasteiger partial charge is 0.275 e. The Hall–Kier alpha value is -2.61. The predicted molar refractivity (Wildman–Crippen MR) is 116 cm³/mol. The SMILES string of the molecule is CCOc1ccc(C=NNC(=O)c2cc3ccccc3cc2OC)cc1I. The molecule has 0 bridgehead atoms. The second-order valence-electron chi connectivity index (χ2n) is 5.72. The lowest BCUT2D eigenvalue weighted by Gasteiger charge is -2.09. The van der Waals surface area contributed by atoms with E-state index in [0.717, 1.165) is 25.7 Å². The number of halogens is 1. The van der Waals surface area contributed by atoms with Crippen LogP contribution in [0.25, 0.3) is 10.8 Å². The summed E-state index contributed by atoms with van der Waals surface area (Å²) in [6.45, 7) is 2.56. The highest BCUT2D eigenvalue weighted by Gasteiger charge is 2.13. The first-order valence-electron chi connectivity index (χ1n) is 8.45. The van der Waals surface area contributed by atoms with Crippen LogP contribution in [0.4, 0.5) is 0 Å². The molecular weight excluding hydrogens is 455 g/mol. The molecule has 0 saturated carbocycles. The average molecular weight is 474 g/mol. The molecule has 0 spiro atoms. The van der Waals surface area contributed by atoms with Crippen molar-refractivity contribution in [3.05, 3.63) is 69.3 Å². The normalized spacial score (nSPS) is 10.9. The highest BCUT2D eigenvalue weighted by Crippen LogP contribution is 2.26. The molecule has 0 aliphatic carbocycles. The minimum atomic E-state index is -0.325. The first-order chi connectivity index (χ1) is 13.1. The van der Waals surface area contributed by atoms with E-state index in [9.17, 15) is 4.79 Å². The molecule has 0 atom stereocenters. The van der Waals surface area contributed by atoms with Crippen LogP contribution in [0.3, 0.4) is 0 Å². The third-order valence-corrected chi connectivity index (χ3v) is 4.79. The summed E-state index contributed by atoms with van der Waals surface area (Å²) in [5, 5.41) is 6.04. The number of ether oxygens (including phenoxy) is 2. The van der Waals surface area contributed by atoms with Gasteiger partial charge in [-0.1, -0.05) is 24.3 Å². The Morgan fingerprint density at radius 3 is 2.52 bits per heavy atom. The number of rotatable bonds is 6. The summed E-state index contributed by atoms with van der Waals surface area (Å²) in [5.74, 6) is 1.02. The van der Waals surface area contributed by atoms with Crippen molar-refractivity contribution in [3.8, 4) is 11.5 Å². The topological polar surface area (TPSA) is 59.9 Å². The number of nitrogens with one attached hydrogen (secondary N) is 1. The summed E-state index contributed by atoms with van der Waals surface area (Å²) in [5.41, 5.74) is 3.87. The molecule has 1 amide bonds. The van der Waals surface area contributed by atoms with E-state index in [0.29, 0.717) is 17.9 Å². The molecule has 0 aliphatic heterocycles. The third kappa shape index (κ3) is 4.57. The number of fused-ring (bicyclic) bond motifs is 1. The third-order valence-electron chi connectivity index (χ3n) is 3.95. The molecule has 0 radical (unpaired) electrons. The van der Waals surface area contributed by atoms with Crippen LogP contribution in [-0.2, 0) is 0 Å². The number of hydrogen-bond acceptors (Lipinski definition) is 4. The molecule has 5 nitrogen and oxygen atoms in total. The van der Waals surface area contributed by atoms with Crippen LogP contribution >= 0.6 is 22.6 Å². The molecule has 27 heavy (non-hydrogen) atoms. The molecular formula is C21H19IN2O3. The molecule has 3 rings (SSSR count). The maximum atomic E-state index is 12.5. The van der Waals surface area contributed by atoms with Crippen molar-refractivity contribution < 1.29 is 14.3 Å². The van der Waals surface area contributed by atoms with Gasteiger partial charge in [0.2, 0.25) is 0 Å². The molecule has 6 heteroatoms. The Labute approximate surface area is 171 Å². The van der Waals surface area contributed by atoms with Gasteiger partial charge < -0.3 is 9.47 Å². The van der Waals surface area contributed by atoms with Gasteiger partial charge in [0.25, 0.3) is 5.91 Å². The van der Waals surface area contributed by atoms with Gasteiger partial charge in [0.15, 0.2) is 0 Å². The Morgan fingerprint density at radius 1 is 1.11 bits per heavy atom. The summed E-state index contributed by atoms with van der Waals surface area (Å²) in [6, 6.07) is 17.2. The van der Waals surface area contributed by atoms with Crippen molar-refractivity contribution in [1.82, 2.24) is 5.43 Å². The molecule has 0 unspecified atom stereocenters. The second-order valence-corrected chi connectivity index (χ2v) is 6.88. The second kappa shape index (κ2) is 8.85. The highest BCUT2D eigenvalue weighted by atomic mass is 127. The van der Waals surface area contributed by atoms with Crippen molar-refractivity contribution in [2.45, 2.75) is 6.92 Å². The van der Waals surface area contributed by atoms with E-state index in [1.54, 1.807) is 19.4 Å². The number of carbonyl (C=O) groups excluding carboxylic acids is 1. The maximum absolute atomic E-state index is 12.5. The van der Waals surface area contributed by atoms with E-state index in [-0.39, 0.29) is 5.91 Å². The van der Waals surface area contributed by atoms with E-state index in [4.69, 9.17) is 9.47 Å². The first-order valence-corrected chi connectivity index (χ1v) is 9.52. The predicted octanol–water partition coefficient (Wildman–Crippen LogP) is 4.62. The maximum Gasteiger partial charge on any atom is 0.275 e. The standard InChI is InChI=1S/C21H19IN2O3/c1-3-27-19-9-8-14(10-18(19)22)13-23-24-21(25)17-11-15-6-4-5-7-16(15)12-20(17)26-2/h4-13H,3H2,1-2H3,(H,24,25). The van der Waals surface area contributed by atoms with E-state index in [1.165, 1.54) is 0 Å². The van der Waals surface area contributed by atoms with E-state index in [1.807, 2.05) is 55.5 Å². The first kappa shape index (κ1) is 19.2. The van der Waals surface area contributed by atoms with Crippen LogP contribution in [0.1, 0.15) is 22.8 Å². The fraction of sp³-hybridized carbons (Fsp3) is 0.143. The number of methoxy groups -OCH3 is 1. The molecule has 1 N–H and O–H groups in total. The van der Waals surface area contributed by atoms with E-state index < -0.39 is 0 Å². The number of hydrazone groups is 1. The molecule has 0 saturated heterocycles. The highest BCUT2D eigenvalue weighted by molar-refractivity contribution is 14.1. The number of benzene rings is 3. The molecule has 0 aromatic heterocycles. The van der Waals surface area contributed by atoms with Crippen LogP contribution in [0.15, 0.2) is 59.7 Å².